The number of hydrogen-bond acceptors (Lipinski definition) is 8. The number of ether oxygens (including phenoxy) is 2. The molecule has 2 aromatic carbocycles. The van der Waals surface area contributed by atoms with Crippen LogP contribution in [0.25, 0.3) is 11.0 Å². The van der Waals surface area contributed by atoms with Crippen molar-refractivity contribution in [3.05, 3.63) is 71.6 Å². The van der Waals surface area contributed by atoms with Crippen molar-refractivity contribution in [3.8, 4) is 0 Å². The van der Waals surface area contributed by atoms with Crippen LogP contribution in [0.15, 0.2) is 54.6 Å². The lowest BCUT2D eigenvalue weighted by atomic mass is 10.1. The van der Waals surface area contributed by atoms with E-state index in [0.717, 1.165) is 5.57 Å². The largest absolute Gasteiger partial charge is 0.444 e. The van der Waals surface area contributed by atoms with Crippen LogP contribution in [0.5, 0.6) is 0 Å². The third-order valence-electron chi connectivity index (χ3n) is 7.82. The smallest absolute Gasteiger partial charge is 0.411 e. The van der Waals surface area contributed by atoms with Gasteiger partial charge in [-0.05, 0) is 97.2 Å². The van der Waals surface area contributed by atoms with E-state index in [1.807, 2.05) is 27.7 Å². The molecule has 0 saturated carbocycles. The summed E-state index contributed by atoms with van der Waals surface area (Å²) in [5.74, 6) is -0.754. The van der Waals surface area contributed by atoms with E-state index in [1.165, 1.54) is 11.0 Å². The number of hydrogen-bond donors (Lipinski definition) is 3. The Kier molecular flexibility index (Phi) is 11.4. The summed E-state index contributed by atoms with van der Waals surface area (Å²) in [6.07, 6.45) is 0.209. The lowest BCUT2D eigenvalue weighted by Gasteiger charge is -2.30. The summed E-state index contributed by atoms with van der Waals surface area (Å²) in [4.78, 5) is 75.7. The fourth-order valence-corrected chi connectivity index (χ4v) is 5.43. The number of carbonyl (C=O) groups is 5. The molecule has 50 heavy (non-hydrogen) atoms. The number of carbonyl (C=O) groups excluding carboxylic acids is 5. The van der Waals surface area contributed by atoms with E-state index in [9.17, 15) is 24.0 Å². The molecule has 0 aliphatic carbocycles. The molecule has 0 bridgehead atoms. The van der Waals surface area contributed by atoms with E-state index < -0.39 is 47.3 Å². The Morgan fingerprint density at radius 2 is 1.72 bits per heavy atom. The molecule has 3 aromatic rings. The van der Waals surface area contributed by atoms with Gasteiger partial charge in [-0.25, -0.2) is 14.6 Å². The Bertz CT molecular complexity index is 1780. The van der Waals surface area contributed by atoms with Gasteiger partial charge in [0.1, 0.15) is 29.1 Å². The number of rotatable bonds is 10. The molecule has 0 unspecified atom stereocenters. The highest BCUT2D eigenvalue weighted by Crippen LogP contribution is 2.36. The zero-order chi connectivity index (χ0) is 37.0. The van der Waals surface area contributed by atoms with Crippen molar-refractivity contribution in [2.24, 2.45) is 0 Å². The first-order chi connectivity index (χ1) is 23.4. The Hall–Kier alpha value is -5.20. The number of likely N-dealkylation sites (tertiary alicyclic amines) is 1. The maximum absolute atomic E-state index is 13.1. The summed E-state index contributed by atoms with van der Waals surface area (Å²) in [6, 6.07) is 10.0. The monoisotopic (exact) mass is 688 g/mol. The van der Waals surface area contributed by atoms with Crippen molar-refractivity contribution in [1.82, 2.24) is 25.1 Å². The first-order valence-corrected chi connectivity index (χ1v) is 16.8. The van der Waals surface area contributed by atoms with Crippen LogP contribution in [0.1, 0.15) is 101 Å². The van der Waals surface area contributed by atoms with Crippen molar-refractivity contribution in [2.45, 2.75) is 91.5 Å². The van der Waals surface area contributed by atoms with Crippen molar-refractivity contribution in [2.75, 3.05) is 25.0 Å². The molecule has 1 aliphatic heterocycles. The summed E-state index contributed by atoms with van der Waals surface area (Å²) in [5, 5.41) is 5.43. The molecular weight excluding hydrogens is 640 g/mol. The third kappa shape index (κ3) is 9.48. The van der Waals surface area contributed by atoms with Crippen molar-refractivity contribution >= 4 is 46.5 Å². The molecule has 0 radical (unpaired) electrons. The molecule has 13 nitrogen and oxygen atoms in total. The maximum atomic E-state index is 13.1. The van der Waals surface area contributed by atoms with Gasteiger partial charge in [0.15, 0.2) is 5.78 Å². The number of anilines is 1. The van der Waals surface area contributed by atoms with E-state index in [2.05, 4.69) is 27.2 Å². The molecule has 4 amide bonds. The maximum Gasteiger partial charge on any atom is 0.411 e. The van der Waals surface area contributed by atoms with E-state index in [1.54, 1.807) is 69.0 Å². The summed E-state index contributed by atoms with van der Waals surface area (Å²) in [6.45, 7) is 18.9. The van der Waals surface area contributed by atoms with E-state index >= 15 is 0 Å². The number of aromatic amines is 1. The minimum Gasteiger partial charge on any atom is -0.444 e. The number of ketones is 1. The van der Waals surface area contributed by atoms with Crippen LogP contribution in [0.2, 0.25) is 0 Å². The molecule has 1 aromatic heterocycles. The normalized spacial score (nSPS) is 15.4. The Morgan fingerprint density at radius 1 is 1.02 bits per heavy atom. The molecule has 2 heterocycles. The first-order valence-electron chi connectivity index (χ1n) is 16.8. The average molecular weight is 689 g/mol. The topological polar surface area (TPSA) is 163 Å². The second-order valence-corrected chi connectivity index (χ2v) is 14.4. The van der Waals surface area contributed by atoms with Gasteiger partial charge in [0.05, 0.1) is 17.6 Å². The molecule has 3 N–H and O–H groups in total. The molecule has 0 spiro atoms. The molecular formula is C37H48N6O7. The molecule has 1 aliphatic rings. The van der Waals surface area contributed by atoms with Crippen LogP contribution >= 0.6 is 0 Å². The Labute approximate surface area is 292 Å². The van der Waals surface area contributed by atoms with Crippen LogP contribution in [-0.4, -0.2) is 86.4 Å². The van der Waals surface area contributed by atoms with Crippen LogP contribution in [-0.2, 0) is 14.3 Å². The highest BCUT2D eigenvalue weighted by atomic mass is 16.6. The highest BCUT2D eigenvalue weighted by molar-refractivity contribution is 6.04. The van der Waals surface area contributed by atoms with Gasteiger partial charge in [-0.1, -0.05) is 25.6 Å². The molecule has 1 fully saturated rings. The van der Waals surface area contributed by atoms with Gasteiger partial charge in [-0.3, -0.25) is 24.2 Å². The number of amides is 4. The quantitative estimate of drug-likeness (QED) is 0.163. The number of benzene rings is 2. The van der Waals surface area contributed by atoms with Crippen LogP contribution < -0.4 is 10.6 Å². The van der Waals surface area contributed by atoms with Gasteiger partial charge in [0, 0.05) is 29.9 Å². The zero-order valence-electron chi connectivity index (χ0n) is 30.1. The van der Waals surface area contributed by atoms with Crippen molar-refractivity contribution in [3.63, 3.8) is 0 Å². The van der Waals surface area contributed by atoms with E-state index in [4.69, 9.17) is 9.47 Å². The molecule has 13 heteroatoms. The van der Waals surface area contributed by atoms with Gasteiger partial charge in [0.2, 0.25) is 5.91 Å². The molecule has 1 saturated heterocycles. The van der Waals surface area contributed by atoms with Gasteiger partial charge in [0.25, 0.3) is 5.91 Å². The second-order valence-electron chi connectivity index (χ2n) is 14.4. The summed E-state index contributed by atoms with van der Waals surface area (Å²) in [5.41, 5.74) is 1.61. The minimum atomic E-state index is -0.827. The first kappa shape index (κ1) is 37.6. The van der Waals surface area contributed by atoms with E-state index in [-0.39, 0.29) is 17.9 Å². The number of aromatic nitrogens is 2. The van der Waals surface area contributed by atoms with Crippen LogP contribution in [0.3, 0.4) is 0 Å². The summed E-state index contributed by atoms with van der Waals surface area (Å²) >= 11 is 0. The highest BCUT2D eigenvalue weighted by Gasteiger charge is 2.37. The Balaban J connectivity index is 1.39. The van der Waals surface area contributed by atoms with Gasteiger partial charge in [-0.15, -0.1) is 0 Å². The van der Waals surface area contributed by atoms with Gasteiger partial charge in [-0.2, -0.15) is 0 Å². The number of imidazole rings is 1. The van der Waals surface area contributed by atoms with Crippen LogP contribution in [0, 0.1) is 0 Å². The summed E-state index contributed by atoms with van der Waals surface area (Å²) < 4.78 is 11.1. The average Bonchev–Trinajstić information content (AvgIpc) is 3.62. The second kappa shape index (κ2) is 15.1. The van der Waals surface area contributed by atoms with Gasteiger partial charge < -0.3 is 25.1 Å². The number of H-pyrrole nitrogens is 1. The fraction of sp³-hybridized carbons (Fsp3) is 0.459. The summed E-state index contributed by atoms with van der Waals surface area (Å²) in [7, 11) is 0. The molecule has 268 valence electrons. The van der Waals surface area contributed by atoms with Crippen molar-refractivity contribution < 1.29 is 33.4 Å². The predicted molar refractivity (Wildman–Crippen MR) is 190 cm³/mol. The minimum absolute atomic E-state index is 0.284. The number of fused-ring (bicyclic) bond motifs is 1. The predicted octanol–water partition coefficient (Wildman–Crippen LogP) is 6.39. The molecule has 2 atom stereocenters. The van der Waals surface area contributed by atoms with Crippen LogP contribution in [0.4, 0.5) is 15.3 Å². The Morgan fingerprint density at radius 3 is 2.38 bits per heavy atom. The third-order valence-corrected chi connectivity index (χ3v) is 7.82. The number of nitrogens with one attached hydrogen (secondary N) is 3. The fourth-order valence-electron chi connectivity index (χ4n) is 5.43. The van der Waals surface area contributed by atoms with E-state index in [0.29, 0.717) is 54.0 Å². The molecule has 4 rings (SSSR count). The lowest BCUT2D eigenvalue weighted by molar-refractivity contribution is -0.120. The number of Topliss-reactive ketones (excluding diaryl/α,β-unsaturated/α-hetero) is 1. The lowest BCUT2D eigenvalue weighted by Crippen LogP contribution is -2.47. The SMILES string of the molecule is C=C1CCN(C(=O)OC(C)(C)C)[C@@H]1c1nc2cc(C(=O)NCC(=O)c3cccc(NC(=O)[C@H](C)N(CCC)C(=O)OC(C)(C)C)c3)ccc2[nH]1. The number of nitrogens with zero attached hydrogens (tertiary/aromatic N) is 3. The standard InChI is InChI=1S/C37H48N6O7/c1-10-17-42(34(47)49-36(4,5)6)23(3)32(45)39-26-13-11-12-24(19-26)29(44)21-38-33(46)25-14-15-27-28(20-25)41-31(40-27)30-22(2)16-18-43(30)35(48)50-37(7,8)9/h11-15,19-20,23,30H,2,10,16-18,21H2,1,3-9H3,(H,38,46)(H,39,45)(H,40,41)/t23-,30-/m0/s1. The zero-order valence-corrected chi connectivity index (χ0v) is 30.1. The van der Waals surface area contributed by atoms with Crippen molar-refractivity contribution in [1.29, 1.82) is 0 Å². The van der Waals surface area contributed by atoms with Gasteiger partial charge >= 0.3 is 12.2 Å².